The summed E-state index contributed by atoms with van der Waals surface area (Å²) in [6.07, 6.45) is -1.39. The van der Waals surface area contributed by atoms with Crippen LogP contribution in [0.1, 0.15) is 13.3 Å². The highest BCUT2D eigenvalue weighted by Crippen LogP contribution is 1.92. The van der Waals surface area contributed by atoms with Gasteiger partial charge in [0.2, 0.25) is 6.79 Å². The molecule has 0 aliphatic heterocycles. The van der Waals surface area contributed by atoms with Crippen LogP contribution in [-0.2, 0) is 33.3 Å². The third-order valence-corrected chi connectivity index (χ3v) is 1.98. The molecule has 0 heterocycles. The van der Waals surface area contributed by atoms with Crippen molar-refractivity contribution in [3.05, 3.63) is 0 Å². The zero-order chi connectivity index (χ0) is 15.4. The van der Waals surface area contributed by atoms with Crippen molar-refractivity contribution >= 4 is 18.0 Å². The fourth-order valence-electron chi connectivity index (χ4n) is 0.890. The topological polar surface area (TPSA) is 109 Å². The molecule has 0 aromatic carbocycles. The SMILES string of the molecule is CCC(=O)OCOC(=O)NCC(=O)OCC(OC)OC. The molecule has 0 aromatic heterocycles. The molecule has 116 valence electrons. The summed E-state index contributed by atoms with van der Waals surface area (Å²) in [7, 11) is 2.80. The predicted molar refractivity (Wildman–Crippen MR) is 64.5 cm³/mol. The number of hydrogen-bond donors (Lipinski definition) is 1. The van der Waals surface area contributed by atoms with Crippen LogP contribution in [0.15, 0.2) is 0 Å². The standard InChI is InChI=1S/C11H19NO8/c1-4-8(13)19-7-20-11(15)12-5-9(14)18-6-10(16-2)17-3/h10H,4-7H2,1-3H3,(H,12,15). The quantitative estimate of drug-likeness (QED) is 0.459. The lowest BCUT2D eigenvalue weighted by atomic mass is 10.5. The first-order valence-electron chi connectivity index (χ1n) is 5.80. The van der Waals surface area contributed by atoms with E-state index < -0.39 is 31.1 Å². The number of rotatable bonds is 9. The van der Waals surface area contributed by atoms with Gasteiger partial charge in [0, 0.05) is 20.6 Å². The van der Waals surface area contributed by atoms with Crippen molar-refractivity contribution in [2.24, 2.45) is 0 Å². The number of carbonyl (C=O) groups excluding carboxylic acids is 3. The summed E-state index contributed by atoms with van der Waals surface area (Å²) in [5.74, 6) is -1.19. The Balaban J connectivity index is 3.68. The average molecular weight is 293 g/mol. The summed E-state index contributed by atoms with van der Waals surface area (Å²) < 4.78 is 23.3. The Bertz CT molecular complexity index is 316. The second-order valence-corrected chi connectivity index (χ2v) is 3.36. The van der Waals surface area contributed by atoms with Crippen LogP contribution >= 0.6 is 0 Å². The fraction of sp³-hybridized carbons (Fsp3) is 0.727. The maximum Gasteiger partial charge on any atom is 0.410 e. The summed E-state index contributed by atoms with van der Waals surface area (Å²) in [6, 6.07) is 0. The van der Waals surface area contributed by atoms with Crippen molar-refractivity contribution in [2.45, 2.75) is 19.6 Å². The van der Waals surface area contributed by atoms with Crippen LogP contribution < -0.4 is 5.32 Å². The molecule has 9 nitrogen and oxygen atoms in total. The largest absolute Gasteiger partial charge is 0.459 e. The molecule has 0 spiro atoms. The first-order chi connectivity index (χ1) is 9.53. The minimum absolute atomic E-state index is 0.101. The van der Waals surface area contributed by atoms with E-state index in [1.807, 2.05) is 0 Å². The summed E-state index contributed by atoms with van der Waals surface area (Å²) >= 11 is 0. The molecule has 0 aromatic rings. The minimum atomic E-state index is -0.902. The van der Waals surface area contributed by atoms with Crippen LogP contribution in [0.25, 0.3) is 0 Å². The second kappa shape index (κ2) is 11.0. The highest BCUT2D eigenvalue weighted by atomic mass is 16.7. The van der Waals surface area contributed by atoms with Crippen molar-refractivity contribution in [3.8, 4) is 0 Å². The van der Waals surface area contributed by atoms with Crippen LogP contribution in [0.5, 0.6) is 0 Å². The molecule has 1 amide bonds. The van der Waals surface area contributed by atoms with Crippen molar-refractivity contribution in [3.63, 3.8) is 0 Å². The Hall–Kier alpha value is -1.87. The van der Waals surface area contributed by atoms with E-state index in [-0.39, 0.29) is 19.6 Å². The van der Waals surface area contributed by atoms with E-state index in [4.69, 9.17) is 14.2 Å². The average Bonchev–Trinajstić information content (AvgIpc) is 2.45. The maximum absolute atomic E-state index is 11.2. The first-order valence-corrected chi connectivity index (χ1v) is 5.80. The minimum Gasteiger partial charge on any atom is -0.459 e. The van der Waals surface area contributed by atoms with E-state index in [2.05, 4.69) is 14.8 Å². The highest BCUT2D eigenvalue weighted by Gasteiger charge is 2.11. The lowest BCUT2D eigenvalue weighted by Gasteiger charge is -2.13. The molecule has 0 fully saturated rings. The molecule has 0 bridgehead atoms. The first kappa shape index (κ1) is 18.1. The van der Waals surface area contributed by atoms with Gasteiger partial charge in [-0.05, 0) is 0 Å². The monoisotopic (exact) mass is 293 g/mol. The molecule has 0 radical (unpaired) electrons. The molecule has 1 N–H and O–H groups in total. The molecule has 20 heavy (non-hydrogen) atoms. The number of esters is 2. The number of amides is 1. The van der Waals surface area contributed by atoms with Gasteiger partial charge in [0.1, 0.15) is 13.2 Å². The van der Waals surface area contributed by atoms with E-state index in [1.54, 1.807) is 6.92 Å². The Morgan fingerprint density at radius 1 is 1.00 bits per heavy atom. The predicted octanol–water partition coefficient (Wildman–Crippen LogP) is -0.215. The fourth-order valence-corrected chi connectivity index (χ4v) is 0.890. The van der Waals surface area contributed by atoms with Gasteiger partial charge in [-0.15, -0.1) is 0 Å². The summed E-state index contributed by atoms with van der Waals surface area (Å²) in [6.45, 7) is 0.603. The van der Waals surface area contributed by atoms with Gasteiger partial charge in [-0.3, -0.25) is 9.59 Å². The number of methoxy groups -OCH3 is 2. The lowest BCUT2D eigenvalue weighted by Crippen LogP contribution is -2.33. The smallest absolute Gasteiger partial charge is 0.410 e. The van der Waals surface area contributed by atoms with E-state index in [0.29, 0.717) is 0 Å². The molecule has 0 saturated heterocycles. The van der Waals surface area contributed by atoms with Gasteiger partial charge in [0.25, 0.3) is 0 Å². The van der Waals surface area contributed by atoms with Gasteiger partial charge in [0.05, 0.1) is 0 Å². The zero-order valence-corrected chi connectivity index (χ0v) is 11.7. The van der Waals surface area contributed by atoms with Crippen molar-refractivity contribution in [1.29, 1.82) is 0 Å². The maximum atomic E-state index is 11.2. The van der Waals surface area contributed by atoms with Crippen LogP contribution in [0.2, 0.25) is 0 Å². The summed E-state index contributed by atoms with van der Waals surface area (Å²) in [4.78, 5) is 33.0. The van der Waals surface area contributed by atoms with Gasteiger partial charge >= 0.3 is 18.0 Å². The number of carbonyl (C=O) groups is 3. The van der Waals surface area contributed by atoms with E-state index in [0.717, 1.165) is 0 Å². The van der Waals surface area contributed by atoms with Crippen LogP contribution in [-0.4, -0.2) is 58.5 Å². The molecule has 0 saturated carbocycles. The van der Waals surface area contributed by atoms with Gasteiger partial charge < -0.3 is 29.0 Å². The van der Waals surface area contributed by atoms with Crippen molar-refractivity contribution in [1.82, 2.24) is 5.32 Å². The van der Waals surface area contributed by atoms with Gasteiger partial charge in [-0.25, -0.2) is 4.79 Å². The van der Waals surface area contributed by atoms with Gasteiger partial charge in [0.15, 0.2) is 6.29 Å². The molecule has 0 aliphatic rings. The molecule has 0 unspecified atom stereocenters. The Labute approximate surface area is 116 Å². The number of ether oxygens (including phenoxy) is 5. The zero-order valence-electron chi connectivity index (χ0n) is 11.7. The summed E-state index contributed by atoms with van der Waals surface area (Å²) in [5, 5.41) is 2.13. The lowest BCUT2D eigenvalue weighted by molar-refractivity contribution is -0.165. The molecule has 0 rings (SSSR count). The third kappa shape index (κ3) is 9.11. The molecule has 0 atom stereocenters. The number of alkyl carbamates (subject to hydrolysis) is 1. The van der Waals surface area contributed by atoms with Crippen molar-refractivity contribution < 1.29 is 38.1 Å². The van der Waals surface area contributed by atoms with Crippen LogP contribution in [0, 0.1) is 0 Å². The highest BCUT2D eigenvalue weighted by molar-refractivity contribution is 5.77. The Morgan fingerprint density at radius 2 is 1.65 bits per heavy atom. The third-order valence-electron chi connectivity index (χ3n) is 1.98. The van der Waals surface area contributed by atoms with Gasteiger partial charge in [-0.1, -0.05) is 6.92 Å². The van der Waals surface area contributed by atoms with E-state index >= 15 is 0 Å². The second-order valence-electron chi connectivity index (χ2n) is 3.36. The molecule has 9 heteroatoms. The Morgan fingerprint density at radius 3 is 2.20 bits per heavy atom. The van der Waals surface area contributed by atoms with E-state index in [9.17, 15) is 14.4 Å². The van der Waals surface area contributed by atoms with Crippen LogP contribution in [0.4, 0.5) is 4.79 Å². The number of hydrogen-bond acceptors (Lipinski definition) is 8. The van der Waals surface area contributed by atoms with E-state index in [1.165, 1.54) is 14.2 Å². The van der Waals surface area contributed by atoms with Crippen LogP contribution in [0.3, 0.4) is 0 Å². The normalized spacial score (nSPS) is 10.0. The van der Waals surface area contributed by atoms with Crippen molar-refractivity contribution in [2.75, 3.05) is 34.2 Å². The molecular formula is C11H19NO8. The molecular weight excluding hydrogens is 274 g/mol. The molecule has 0 aliphatic carbocycles. The Kier molecular flexibility index (Phi) is 9.97. The summed E-state index contributed by atoms with van der Waals surface area (Å²) in [5.41, 5.74) is 0. The number of nitrogens with one attached hydrogen (secondary N) is 1. The van der Waals surface area contributed by atoms with Gasteiger partial charge in [-0.2, -0.15) is 0 Å².